The maximum atomic E-state index is 12.2. The molecule has 0 saturated carbocycles. The summed E-state index contributed by atoms with van der Waals surface area (Å²) in [5.74, 6) is 1.34. The second kappa shape index (κ2) is 9.71. The second-order valence-corrected chi connectivity index (χ2v) is 7.13. The van der Waals surface area contributed by atoms with Gasteiger partial charge in [0, 0.05) is 30.1 Å². The summed E-state index contributed by atoms with van der Waals surface area (Å²) in [6.07, 6.45) is 8.15. The molecule has 0 saturated heterocycles. The van der Waals surface area contributed by atoms with Crippen LogP contribution in [0.5, 0.6) is 5.75 Å². The van der Waals surface area contributed by atoms with E-state index < -0.39 is 0 Å². The molecule has 0 radical (unpaired) electrons. The van der Waals surface area contributed by atoms with Crippen LogP contribution in [0.2, 0.25) is 0 Å². The smallest absolute Gasteiger partial charge is 0.320 e. The van der Waals surface area contributed by atoms with Crippen molar-refractivity contribution in [1.29, 1.82) is 0 Å². The first-order chi connectivity index (χ1) is 15.2. The number of aromatic nitrogens is 4. The summed E-state index contributed by atoms with van der Waals surface area (Å²) in [7, 11) is 1.66. The third-order valence-corrected chi connectivity index (χ3v) is 4.95. The number of rotatable bonds is 8. The first kappa shape index (κ1) is 20.3. The SMILES string of the molecule is COc1ccc(CCCCNC(=O)Nc2ccc3ncc(-c4cn[nH]c4)cc3n2)cc1. The van der Waals surface area contributed by atoms with Crippen molar-refractivity contribution in [3.8, 4) is 16.9 Å². The van der Waals surface area contributed by atoms with Gasteiger partial charge in [-0.05, 0) is 55.2 Å². The molecule has 0 aliphatic carbocycles. The Labute approximate surface area is 180 Å². The van der Waals surface area contributed by atoms with Crippen molar-refractivity contribution < 1.29 is 9.53 Å². The lowest BCUT2D eigenvalue weighted by Crippen LogP contribution is -2.29. The number of amides is 2. The summed E-state index contributed by atoms with van der Waals surface area (Å²) < 4.78 is 5.17. The Balaban J connectivity index is 1.26. The Kier molecular flexibility index (Phi) is 6.37. The highest BCUT2D eigenvalue weighted by Gasteiger charge is 2.07. The Morgan fingerprint density at radius 2 is 1.90 bits per heavy atom. The number of aromatic amines is 1. The number of nitrogens with zero attached hydrogens (tertiary/aromatic N) is 3. The molecular weight excluding hydrogens is 392 g/mol. The summed E-state index contributed by atoms with van der Waals surface area (Å²) in [6, 6.07) is 13.3. The fraction of sp³-hybridized carbons (Fsp3) is 0.217. The van der Waals surface area contributed by atoms with E-state index in [-0.39, 0.29) is 6.03 Å². The fourth-order valence-electron chi connectivity index (χ4n) is 3.25. The van der Waals surface area contributed by atoms with Crippen molar-refractivity contribution in [2.24, 2.45) is 0 Å². The molecule has 0 bridgehead atoms. The van der Waals surface area contributed by atoms with E-state index in [0.717, 1.165) is 41.7 Å². The monoisotopic (exact) mass is 416 g/mol. The molecule has 1 aromatic carbocycles. The predicted octanol–water partition coefficient (Wildman–Crippen LogP) is 4.17. The lowest BCUT2D eigenvalue weighted by molar-refractivity contribution is 0.252. The maximum absolute atomic E-state index is 12.2. The van der Waals surface area contributed by atoms with Gasteiger partial charge in [-0.2, -0.15) is 5.10 Å². The molecule has 0 fully saturated rings. The number of hydrogen-bond acceptors (Lipinski definition) is 5. The minimum Gasteiger partial charge on any atom is -0.497 e. The van der Waals surface area contributed by atoms with Crippen LogP contribution in [-0.2, 0) is 6.42 Å². The number of anilines is 1. The third-order valence-electron chi connectivity index (χ3n) is 4.95. The van der Waals surface area contributed by atoms with Gasteiger partial charge in [-0.15, -0.1) is 0 Å². The number of carbonyl (C=O) groups is 1. The number of pyridine rings is 2. The molecule has 8 heteroatoms. The zero-order valence-corrected chi connectivity index (χ0v) is 17.3. The van der Waals surface area contributed by atoms with E-state index >= 15 is 0 Å². The van der Waals surface area contributed by atoms with Crippen LogP contribution in [0.1, 0.15) is 18.4 Å². The summed E-state index contributed by atoms with van der Waals surface area (Å²) >= 11 is 0. The first-order valence-electron chi connectivity index (χ1n) is 10.1. The molecule has 2 amide bonds. The molecule has 3 heterocycles. The summed E-state index contributed by atoms with van der Waals surface area (Å²) in [6.45, 7) is 0.599. The van der Waals surface area contributed by atoms with Crippen LogP contribution in [0.15, 0.2) is 61.1 Å². The van der Waals surface area contributed by atoms with Crippen LogP contribution >= 0.6 is 0 Å². The molecule has 0 atom stereocenters. The van der Waals surface area contributed by atoms with Gasteiger partial charge in [0.15, 0.2) is 0 Å². The molecule has 4 aromatic rings. The van der Waals surface area contributed by atoms with E-state index in [0.29, 0.717) is 17.9 Å². The zero-order chi connectivity index (χ0) is 21.5. The van der Waals surface area contributed by atoms with Crippen molar-refractivity contribution in [3.05, 3.63) is 66.6 Å². The van der Waals surface area contributed by atoms with Gasteiger partial charge in [0.2, 0.25) is 0 Å². The van der Waals surface area contributed by atoms with Gasteiger partial charge in [-0.1, -0.05) is 12.1 Å². The Hall–Kier alpha value is -3.94. The van der Waals surface area contributed by atoms with Gasteiger partial charge < -0.3 is 10.1 Å². The maximum Gasteiger partial charge on any atom is 0.320 e. The summed E-state index contributed by atoms with van der Waals surface area (Å²) in [5.41, 5.74) is 4.57. The van der Waals surface area contributed by atoms with Crippen molar-refractivity contribution in [2.45, 2.75) is 19.3 Å². The number of nitrogens with one attached hydrogen (secondary N) is 3. The average molecular weight is 416 g/mol. The highest BCUT2D eigenvalue weighted by molar-refractivity contribution is 5.90. The molecule has 0 spiro atoms. The molecule has 4 rings (SSSR count). The molecule has 31 heavy (non-hydrogen) atoms. The van der Waals surface area contributed by atoms with Gasteiger partial charge >= 0.3 is 6.03 Å². The number of benzene rings is 1. The number of aryl methyl sites for hydroxylation is 1. The van der Waals surface area contributed by atoms with Gasteiger partial charge in [0.25, 0.3) is 0 Å². The quantitative estimate of drug-likeness (QED) is 0.374. The van der Waals surface area contributed by atoms with E-state index in [4.69, 9.17) is 4.74 Å². The van der Waals surface area contributed by atoms with Gasteiger partial charge in [-0.25, -0.2) is 9.78 Å². The molecular formula is C23H24N6O2. The normalized spacial score (nSPS) is 10.7. The van der Waals surface area contributed by atoms with Crippen LogP contribution in [0.3, 0.4) is 0 Å². The highest BCUT2D eigenvalue weighted by atomic mass is 16.5. The van der Waals surface area contributed by atoms with Gasteiger partial charge in [0.1, 0.15) is 11.6 Å². The topological polar surface area (TPSA) is 105 Å². The number of ether oxygens (including phenoxy) is 1. The summed E-state index contributed by atoms with van der Waals surface area (Å²) in [5, 5.41) is 12.4. The standard InChI is InChI=1S/C23H24N6O2/c1-31-19-7-5-16(6-8-19)4-2-3-11-24-23(30)29-22-10-9-20-21(28-22)12-17(13-25-20)18-14-26-27-15-18/h5-10,12-15H,2-4,11H2,1H3,(H,26,27)(H2,24,28,29,30). The van der Waals surface area contributed by atoms with Crippen LogP contribution < -0.4 is 15.4 Å². The average Bonchev–Trinajstić information content (AvgIpc) is 3.34. The van der Waals surface area contributed by atoms with Crippen LogP contribution in [0, 0.1) is 0 Å². The molecule has 3 aromatic heterocycles. The number of methoxy groups -OCH3 is 1. The number of hydrogen-bond donors (Lipinski definition) is 3. The van der Waals surface area contributed by atoms with E-state index in [1.165, 1.54) is 5.56 Å². The fourth-order valence-corrected chi connectivity index (χ4v) is 3.25. The van der Waals surface area contributed by atoms with E-state index in [2.05, 4.69) is 42.9 Å². The van der Waals surface area contributed by atoms with E-state index in [9.17, 15) is 4.79 Å². The minimum absolute atomic E-state index is 0.268. The summed E-state index contributed by atoms with van der Waals surface area (Å²) in [4.78, 5) is 21.1. The van der Waals surface area contributed by atoms with Crippen molar-refractivity contribution in [3.63, 3.8) is 0 Å². The second-order valence-electron chi connectivity index (χ2n) is 7.13. The van der Waals surface area contributed by atoms with Crippen molar-refractivity contribution in [1.82, 2.24) is 25.5 Å². The molecule has 158 valence electrons. The first-order valence-corrected chi connectivity index (χ1v) is 10.1. The number of unbranched alkanes of at least 4 members (excludes halogenated alkanes) is 1. The molecule has 3 N–H and O–H groups in total. The molecule has 8 nitrogen and oxygen atoms in total. The van der Waals surface area contributed by atoms with Crippen molar-refractivity contribution >= 4 is 22.9 Å². The van der Waals surface area contributed by atoms with Gasteiger partial charge in [-0.3, -0.25) is 15.4 Å². The number of urea groups is 1. The Morgan fingerprint density at radius 3 is 2.68 bits per heavy atom. The number of fused-ring (bicyclic) bond motifs is 1. The zero-order valence-electron chi connectivity index (χ0n) is 17.3. The predicted molar refractivity (Wildman–Crippen MR) is 120 cm³/mol. The van der Waals surface area contributed by atoms with E-state index in [1.807, 2.05) is 24.3 Å². The number of H-pyrrole nitrogens is 1. The Morgan fingerprint density at radius 1 is 1.03 bits per heavy atom. The number of carbonyl (C=O) groups excluding carboxylic acids is 1. The van der Waals surface area contributed by atoms with Crippen LogP contribution in [0.4, 0.5) is 10.6 Å². The minimum atomic E-state index is -0.268. The highest BCUT2D eigenvalue weighted by Crippen LogP contribution is 2.21. The lowest BCUT2D eigenvalue weighted by atomic mass is 10.1. The largest absolute Gasteiger partial charge is 0.497 e. The molecule has 0 aliphatic heterocycles. The van der Waals surface area contributed by atoms with Crippen LogP contribution in [0.25, 0.3) is 22.2 Å². The molecule has 0 aliphatic rings. The van der Waals surface area contributed by atoms with E-state index in [1.54, 1.807) is 31.8 Å². The van der Waals surface area contributed by atoms with Crippen LogP contribution in [-0.4, -0.2) is 39.9 Å². The Bertz CT molecular complexity index is 1140. The van der Waals surface area contributed by atoms with Gasteiger partial charge in [0.05, 0.1) is 24.3 Å². The lowest BCUT2D eigenvalue weighted by Gasteiger charge is -2.08. The molecule has 0 unspecified atom stereocenters. The van der Waals surface area contributed by atoms with Crippen molar-refractivity contribution in [2.75, 3.05) is 19.0 Å². The third kappa shape index (κ3) is 5.36.